The van der Waals surface area contributed by atoms with Gasteiger partial charge in [-0.1, -0.05) is 13.8 Å². The summed E-state index contributed by atoms with van der Waals surface area (Å²) < 4.78 is 32.2. The number of sulfonamides is 1. The van der Waals surface area contributed by atoms with Gasteiger partial charge in [0.15, 0.2) is 0 Å². The van der Waals surface area contributed by atoms with E-state index in [0.29, 0.717) is 6.54 Å². The number of hydrogen-bond acceptors (Lipinski definition) is 5. The molecule has 0 aliphatic heterocycles. The van der Waals surface area contributed by atoms with E-state index in [1.54, 1.807) is 0 Å². The smallest absolute Gasteiger partial charge is 0.340 e. The van der Waals surface area contributed by atoms with Gasteiger partial charge in [-0.2, -0.15) is 0 Å². The van der Waals surface area contributed by atoms with Crippen LogP contribution in [0.25, 0.3) is 0 Å². The predicted octanol–water partition coefficient (Wildman–Crippen LogP) is 1.21. The van der Waals surface area contributed by atoms with E-state index < -0.39 is 16.0 Å². The largest absolute Gasteiger partial charge is 0.478 e. The minimum atomic E-state index is -3.91. The first-order valence-corrected chi connectivity index (χ1v) is 8.28. The molecule has 0 bridgehead atoms. The third-order valence-electron chi connectivity index (χ3n) is 3.30. The number of carboxylic acid groups (broad SMARTS) is 1. The van der Waals surface area contributed by atoms with Crippen molar-refractivity contribution < 1.29 is 22.7 Å². The molecule has 0 unspecified atom stereocenters. The molecule has 0 atom stereocenters. The van der Waals surface area contributed by atoms with Crippen molar-refractivity contribution in [3.8, 4) is 0 Å². The summed E-state index contributed by atoms with van der Waals surface area (Å²) in [7, 11) is -3.91. The Morgan fingerprint density at radius 1 is 1.24 bits per heavy atom. The maximum Gasteiger partial charge on any atom is 0.340 e. The second kappa shape index (κ2) is 7.06. The lowest BCUT2D eigenvalue weighted by Crippen LogP contribution is -2.35. The van der Waals surface area contributed by atoms with E-state index in [2.05, 4.69) is 9.62 Å². The van der Waals surface area contributed by atoms with Crippen molar-refractivity contribution in [1.29, 1.82) is 0 Å². The Balaban J connectivity index is 2.96. The van der Waals surface area contributed by atoms with Gasteiger partial charge in [0.1, 0.15) is 22.0 Å². The zero-order chi connectivity index (χ0) is 16.2. The number of aromatic carboxylic acids is 1. The van der Waals surface area contributed by atoms with Crippen LogP contribution in [0.1, 0.15) is 35.7 Å². The lowest BCUT2D eigenvalue weighted by atomic mass is 10.2. The summed E-state index contributed by atoms with van der Waals surface area (Å²) in [5.74, 6) is -1.14. The van der Waals surface area contributed by atoms with Gasteiger partial charge in [0.05, 0.1) is 0 Å². The van der Waals surface area contributed by atoms with E-state index in [4.69, 9.17) is 9.52 Å². The van der Waals surface area contributed by atoms with Crippen molar-refractivity contribution in [2.24, 2.45) is 0 Å². The highest BCUT2D eigenvalue weighted by Crippen LogP contribution is 2.26. The highest BCUT2D eigenvalue weighted by atomic mass is 32.2. The molecule has 1 rings (SSSR count). The van der Waals surface area contributed by atoms with Crippen molar-refractivity contribution in [3.63, 3.8) is 0 Å². The highest BCUT2D eigenvalue weighted by molar-refractivity contribution is 7.89. The molecule has 21 heavy (non-hydrogen) atoms. The van der Waals surface area contributed by atoms with E-state index in [1.165, 1.54) is 13.8 Å². The fourth-order valence-corrected chi connectivity index (χ4v) is 3.61. The monoisotopic (exact) mass is 318 g/mol. The first kappa shape index (κ1) is 17.7. The molecule has 7 nitrogen and oxygen atoms in total. The maximum atomic E-state index is 12.3. The molecule has 0 spiro atoms. The molecule has 0 saturated carbocycles. The Labute approximate surface area is 125 Å². The van der Waals surface area contributed by atoms with Crippen LogP contribution in [0.15, 0.2) is 9.31 Å². The molecule has 0 amide bonds. The molecule has 8 heteroatoms. The number of nitrogens with zero attached hydrogens (tertiary/aromatic N) is 1. The summed E-state index contributed by atoms with van der Waals surface area (Å²) in [4.78, 5) is 13.0. The Morgan fingerprint density at radius 2 is 1.81 bits per heavy atom. The van der Waals surface area contributed by atoms with Crippen LogP contribution in [0.3, 0.4) is 0 Å². The lowest BCUT2D eigenvalue weighted by molar-refractivity contribution is 0.0691. The fraction of sp³-hybridized carbons (Fsp3) is 0.615. The quantitative estimate of drug-likeness (QED) is 0.747. The molecule has 0 aliphatic rings. The van der Waals surface area contributed by atoms with Crippen LogP contribution in [0.5, 0.6) is 0 Å². The minimum absolute atomic E-state index is 0.0836. The van der Waals surface area contributed by atoms with Crippen LogP contribution >= 0.6 is 0 Å². The van der Waals surface area contributed by atoms with Crippen LogP contribution in [-0.4, -0.2) is 50.6 Å². The number of likely N-dealkylation sites (N-methyl/N-ethyl adjacent to an activating group) is 1. The number of aryl methyl sites for hydroxylation is 2. The molecule has 120 valence electrons. The molecule has 0 saturated heterocycles. The lowest BCUT2D eigenvalue weighted by Gasteiger charge is -2.18. The Kier molecular flexibility index (Phi) is 5.94. The van der Waals surface area contributed by atoms with E-state index in [9.17, 15) is 13.2 Å². The zero-order valence-corrected chi connectivity index (χ0v) is 13.6. The van der Waals surface area contributed by atoms with Crippen LogP contribution in [0.4, 0.5) is 0 Å². The molecule has 0 fully saturated rings. The van der Waals surface area contributed by atoms with E-state index in [-0.39, 0.29) is 28.5 Å². The van der Waals surface area contributed by atoms with Gasteiger partial charge in [-0.15, -0.1) is 0 Å². The van der Waals surface area contributed by atoms with Crippen molar-refractivity contribution in [1.82, 2.24) is 9.62 Å². The summed E-state index contributed by atoms with van der Waals surface area (Å²) >= 11 is 0. The summed E-state index contributed by atoms with van der Waals surface area (Å²) in [6.07, 6.45) is 0. The second-order valence-electron chi connectivity index (χ2n) is 4.65. The Bertz CT molecular complexity index is 602. The van der Waals surface area contributed by atoms with Gasteiger partial charge in [0.25, 0.3) is 0 Å². The topological polar surface area (TPSA) is 99.9 Å². The summed E-state index contributed by atoms with van der Waals surface area (Å²) in [5, 5.41) is 9.15. The van der Waals surface area contributed by atoms with Crippen molar-refractivity contribution in [3.05, 3.63) is 17.1 Å². The fourth-order valence-electron chi connectivity index (χ4n) is 2.18. The first-order chi connectivity index (χ1) is 9.74. The van der Waals surface area contributed by atoms with E-state index >= 15 is 0 Å². The normalized spacial score (nSPS) is 12.0. The third kappa shape index (κ3) is 4.05. The molecule has 0 radical (unpaired) electrons. The van der Waals surface area contributed by atoms with Gasteiger partial charge < -0.3 is 14.4 Å². The summed E-state index contributed by atoms with van der Waals surface area (Å²) in [6, 6.07) is 0. The van der Waals surface area contributed by atoms with Gasteiger partial charge in [-0.05, 0) is 26.9 Å². The molecule has 0 aromatic carbocycles. The first-order valence-electron chi connectivity index (χ1n) is 6.79. The molecular formula is C13H22N2O5S. The number of hydrogen-bond donors (Lipinski definition) is 2. The van der Waals surface area contributed by atoms with Crippen LogP contribution in [-0.2, 0) is 10.0 Å². The summed E-state index contributed by atoms with van der Waals surface area (Å²) in [5.41, 5.74) is -0.303. The second-order valence-corrected chi connectivity index (χ2v) is 6.35. The Morgan fingerprint density at radius 3 is 2.29 bits per heavy atom. The standard InChI is InChI=1S/C13H22N2O5S/c1-5-15(6-2)8-7-14-21(18,19)12-10(4)20-9(3)11(12)13(16)17/h14H,5-8H2,1-4H3,(H,16,17). The summed E-state index contributed by atoms with van der Waals surface area (Å²) in [6.45, 7) is 9.28. The van der Waals surface area contributed by atoms with E-state index in [1.807, 2.05) is 13.8 Å². The number of furan rings is 1. The van der Waals surface area contributed by atoms with Gasteiger partial charge in [0, 0.05) is 13.1 Å². The van der Waals surface area contributed by atoms with Gasteiger partial charge in [-0.25, -0.2) is 17.9 Å². The number of nitrogens with one attached hydrogen (secondary N) is 1. The minimum Gasteiger partial charge on any atom is -0.478 e. The predicted molar refractivity (Wildman–Crippen MR) is 78.1 cm³/mol. The van der Waals surface area contributed by atoms with Crippen LogP contribution in [0.2, 0.25) is 0 Å². The number of rotatable bonds is 8. The van der Waals surface area contributed by atoms with Gasteiger partial charge >= 0.3 is 5.97 Å². The maximum absolute atomic E-state index is 12.3. The molecule has 2 N–H and O–H groups in total. The van der Waals surface area contributed by atoms with Gasteiger partial charge in [0.2, 0.25) is 10.0 Å². The molecular weight excluding hydrogens is 296 g/mol. The average Bonchev–Trinajstić information content (AvgIpc) is 2.70. The number of carbonyl (C=O) groups is 1. The van der Waals surface area contributed by atoms with E-state index in [0.717, 1.165) is 13.1 Å². The van der Waals surface area contributed by atoms with Crippen molar-refractivity contribution in [2.45, 2.75) is 32.6 Å². The molecule has 1 aromatic heterocycles. The molecule has 1 heterocycles. The number of carboxylic acids is 1. The average molecular weight is 318 g/mol. The van der Waals surface area contributed by atoms with Crippen molar-refractivity contribution >= 4 is 16.0 Å². The zero-order valence-electron chi connectivity index (χ0n) is 12.8. The Hall–Kier alpha value is -1.38. The van der Waals surface area contributed by atoms with Crippen LogP contribution < -0.4 is 4.72 Å². The SMILES string of the molecule is CCN(CC)CCNS(=O)(=O)c1c(C)oc(C)c1C(=O)O. The highest BCUT2D eigenvalue weighted by Gasteiger charge is 2.30. The molecule has 1 aromatic rings. The van der Waals surface area contributed by atoms with Crippen molar-refractivity contribution in [2.75, 3.05) is 26.2 Å². The molecule has 0 aliphatic carbocycles. The third-order valence-corrected chi connectivity index (χ3v) is 4.92. The van der Waals surface area contributed by atoms with Crippen LogP contribution in [0, 0.1) is 13.8 Å². The van der Waals surface area contributed by atoms with Gasteiger partial charge in [-0.3, -0.25) is 0 Å².